The van der Waals surface area contributed by atoms with Crippen molar-refractivity contribution >= 4 is 6.21 Å². The molecule has 108 valence electrons. The minimum Gasteiger partial charge on any atom is -0.494 e. The van der Waals surface area contributed by atoms with E-state index in [1.54, 1.807) is 12.1 Å². The molecule has 3 N–H and O–H groups in total. The van der Waals surface area contributed by atoms with Gasteiger partial charge >= 0.3 is 5.69 Å². The number of rotatable bonds is 3. The molecule has 0 spiro atoms. The first-order chi connectivity index (χ1) is 10.1. The first-order valence-corrected chi connectivity index (χ1v) is 6.07. The minimum absolute atomic E-state index is 0.102. The van der Waals surface area contributed by atoms with Gasteiger partial charge in [-0.1, -0.05) is 6.07 Å². The molecular formula is C13H11N3O5. The van der Waals surface area contributed by atoms with Crippen molar-refractivity contribution < 1.29 is 14.6 Å². The molecule has 0 saturated heterocycles. The van der Waals surface area contributed by atoms with Crippen molar-refractivity contribution in [2.24, 2.45) is 4.99 Å². The minimum atomic E-state index is -0.773. The molecule has 1 aliphatic heterocycles. The van der Waals surface area contributed by atoms with Crippen molar-refractivity contribution in [2.45, 2.75) is 6.54 Å². The van der Waals surface area contributed by atoms with E-state index in [2.05, 4.69) is 9.98 Å². The highest BCUT2D eigenvalue weighted by Gasteiger charge is 2.12. The molecule has 0 aliphatic carbocycles. The van der Waals surface area contributed by atoms with Crippen molar-refractivity contribution in [3.8, 4) is 17.4 Å². The van der Waals surface area contributed by atoms with Gasteiger partial charge in [0.2, 0.25) is 12.7 Å². The summed E-state index contributed by atoms with van der Waals surface area (Å²) in [5.41, 5.74) is -0.720. The molecule has 1 aliphatic rings. The number of benzene rings is 1. The second-order valence-electron chi connectivity index (χ2n) is 4.33. The molecule has 8 heteroatoms. The van der Waals surface area contributed by atoms with Crippen LogP contribution in [0.15, 0.2) is 32.8 Å². The molecule has 8 nitrogen and oxygen atoms in total. The molecule has 0 saturated carbocycles. The highest BCUT2D eigenvalue weighted by Crippen LogP contribution is 2.32. The Morgan fingerprint density at radius 1 is 1.24 bits per heavy atom. The Bertz CT molecular complexity index is 821. The lowest BCUT2D eigenvalue weighted by Gasteiger charge is -2.00. The number of aliphatic imine (C=N–C) groups is 1. The third kappa shape index (κ3) is 2.64. The van der Waals surface area contributed by atoms with Crippen LogP contribution in [0.2, 0.25) is 0 Å². The van der Waals surface area contributed by atoms with Crippen molar-refractivity contribution in [1.82, 2.24) is 9.97 Å². The number of hydrogen-bond acceptors (Lipinski definition) is 6. The number of fused-ring (bicyclic) bond motifs is 1. The number of nitrogens with one attached hydrogen (secondary N) is 2. The summed E-state index contributed by atoms with van der Waals surface area (Å²) >= 11 is 0. The summed E-state index contributed by atoms with van der Waals surface area (Å²) in [6.07, 6.45) is 1.20. The largest absolute Gasteiger partial charge is 0.494 e. The van der Waals surface area contributed by atoms with Gasteiger partial charge in [-0.05, 0) is 17.7 Å². The van der Waals surface area contributed by atoms with Crippen LogP contribution < -0.4 is 20.7 Å². The summed E-state index contributed by atoms with van der Waals surface area (Å²) in [5, 5.41) is 9.49. The summed E-state index contributed by atoms with van der Waals surface area (Å²) in [5.74, 6) is 0.808. The highest BCUT2D eigenvalue weighted by molar-refractivity contribution is 5.81. The Labute approximate surface area is 117 Å². The molecule has 2 aromatic rings. The number of hydrogen-bond donors (Lipinski definition) is 3. The third-order valence-electron chi connectivity index (χ3n) is 2.89. The maximum atomic E-state index is 11.5. The van der Waals surface area contributed by atoms with Gasteiger partial charge in [-0.2, -0.15) is 0 Å². The number of H-pyrrole nitrogens is 2. The monoisotopic (exact) mass is 289 g/mol. The summed E-state index contributed by atoms with van der Waals surface area (Å²) in [6, 6.07) is 5.38. The molecule has 0 atom stereocenters. The number of aromatic hydroxyl groups is 1. The summed E-state index contributed by atoms with van der Waals surface area (Å²) in [7, 11) is 0. The summed E-state index contributed by atoms with van der Waals surface area (Å²) in [6.45, 7) is 0.483. The van der Waals surface area contributed by atoms with Gasteiger partial charge in [-0.3, -0.25) is 19.8 Å². The van der Waals surface area contributed by atoms with E-state index in [9.17, 15) is 14.7 Å². The molecule has 0 bridgehead atoms. The lowest BCUT2D eigenvalue weighted by Crippen LogP contribution is -2.24. The van der Waals surface area contributed by atoms with E-state index in [-0.39, 0.29) is 18.9 Å². The Hall–Kier alpha value is -3.03. The quantitative estimate of drug-likeness (QED) is 0.694. The van der Waals surface area contributed by atoms with Crippen LogP contribution in [0.4, 0.5) is 0 Å². The van der Waals surface area contributed by atoms with Crippen LogP contribution in [0.3, 0.4) is 0 Å². The van der Waals surface area contributed by atoms with Crippen LogP contribution in [0, 0.1) is 0 Å². The highest BCUT2D eigenvalue weighted by atomic mass is 16.7. The lowest BCUT2D eigenvalue weighted by molar-refractivity contribution is 0.174. The van der Waals surface area contributed by atoms with Crippen LogP contribution in [0.5, 0.6) is 17.4 Å². The maximum absolute atomic E-state index is 11.5. The van der Waals surface area contributed by atoms with Crippen molar-refractivity contribution in [3.63, 3.8) is 0 Å². The molecule has 2 heterocycles. The Morgan fingerprint density at radius 2 is 2.05 bits per heavy atom. The fourth-order valence-electron chi connectivity index (χ4n) is 1.89. The first-order valence-electron chi connectivity index (χ1n) is 6.07. The molecule has 0 fully saturated rings. The molecule has 1 aromatic heterocycles. The van der Waals surface area contributed by atoms with Gasteiger partial charge in [-0.15, -0.1) is 0 Å². The zero-order chi connectivity index (χ0) is 14.8. The average molecular weight is 289 g/mol. The third-order valence-corrected chi connectivity index (χ3v) is 2.89. The molecule has 0 unspecified atom stereocenters. The van der Waals surface area contributed by atoms with Crippen molar-refractivity contribution in [1.29, 1.82) is 0 Å². The van der Waals surface area contributed by atoms with Gasteiger partial charge in [0.1, 0.15) is 5.56 Å². The zero-order valence-electron chi connectivity index (χ0n) is 10.8. The fraction of sp³-hybridized carbons (Fsp3) is 0.154. The van der Waals surface area contributed by atoms with Gasteiger partial charge in [0, 0.05) is 6.21 Å². The molecule has 1 aromatic carbocycles. The lowest BCUT2D eigenvalue weighted by atomic mass is 10.2. The Balaban J connectivity index is 1.79. The van der Waals surface area contributed by atoms with Crippen LogP contribution in [-0.4, -0.2) is 28.1 Å². The standard InChI is InChI=1S/C13H11N3O5/c17-11-8(12(18)16-13(19)15-11)5-14-4-7-1-2-9-10(3-7)21-6-20-9/h1-3,5H,4,6H2,(H3,15,16,17,18,19). The van der Waals surface area contributed by atoms with Crippen LogP contribution in [0.25, 0.3) is 0 Å². The van der Waals surface area contributed by atoms with Gasteiger partial charge in [-0.25, -0.2) is 4.79 Å². The first kappa shape index (κ1) is 13.0. The van der Waals surface area contributed by atoms with Crippen molar-refractivity contribution in [2.75, 3.05) is 6.79 Å². The summed E-state index contributed by atoms with van der Waals surface area (Å²) in [4.78, 5) is 30.6. The predicted octanol–water partition coefficient (Wildman–Crippen LogP) is 0.117. The smallest absolute Gasteiger partial charge is 0.328 e. The van der Waals surface area contributed by atoms with Crippen LogP contribution in [0.1, 0.15) is 11.1 Å². The van der Waals surface area contributed by atoms with E-state index >= 15 is 0 Å². The van der Waals surface area contributed by atoms with E-state index in [1.807, 2.05) is 11.1 Å². The number of aromatic nitrogens is 2. The molecule has 3 rings (SSSR count). The van der Waals surface area contributed by atoms with Gasteiger partial charge in [0.15, 0.2) is 11.5 Å². The van der Waals surface area contributed by atoms with E-state index < -0.39 is 17.1 Å². The molecule has 21 heavy (non-hydrogen) atoms. The van der Waals surface area contributed by atoms with Gasteiger partial charge in [0.05, 0.1) is 6.54 Å². The van der Waals surface area contributed by atoms with Crippen LogP contribution in [-0.2, 0) is 6.54 Å². The molecule has 0 radical (unpaired) electrons. The van der Waals surface area contributed by atoms with Gasteiger partial charge in [0.25, 0.3) is 5.56 Å². The summed E-state index contributed by atoms with van der Waals surface area (Å²) < 4.78 is 10.4. The Morgan fingerprint density at radius 3 is 2.86 bits per heavy atom. The number of nitrogens with zero attached hydrogens (tertiary/aromatic N) is 1. The Kier molecular flexibility index (Phi) is 3.19. The molecular weight excluding hydrogens is 278 g/mol. The maximum Gasteiger partial charge on any atom is 0.328 e. The number of ether oxygens (including phenoxy) is 2. The van der Waals surface area contributed by atoms with E-state index in [4.69, 9.17) is 9.47 Å². The predicted molar refractivity (Wildman–Crippen MR) is 73.2 cm³/mol. The SMILES string of the molecule is O=c1[nH]c(O)c(C=NCc2ccc3c(c2)OCO3)c(=O)[nH]1. The van der Waals surface area contributed by atoms with Gasteiger partial charge < -0.3 is 14.6 Å². The van der Waals surface area contributed by atoms with Crippen molar-refractivity contribution in [3.05, 3.63) is 50.2 Å². The van der Waals surface area contributed by atoms with E-state index in [0.29, 0.717) is 11.5 Å². The second kappa shape index (κ2) is 5.16. The zero-order valence-corrected chi connectivity index (χ0v) is 10.8. The fourth-order valence-corrected chi connectivity index (χ4v) is 1.89. The van der Waals surface area contributed by atoms with E-state index in [1.165, 1.54) is 6.21 Å². The normalized spacial score (nSPS) is 13.0. The second-order valence-corrected chi connectivity index (χ2v) is 4.33. The number of aromatic amines is 2. The van der Waals surface area contributed by atoms with E-state index in [0.717, 1.165) is 5.56 Å². The average Bonchev–Trinajstić information content (AvgIpc) is 2.89. The molecule has 0 amide bonds. The van der Waals surface area contributed by atoms with Crippen LogP contribution >= 0.6 is 0 Å². The topological polar surface area (TPSA) is 117 Å².